The molecule has 1 aromatic carbocycles. The van der Waals surface area contributed by atoms with E-state index in [-0.39, 0.29) is 42.2 Å². The molecule has 3 N–H and O–H groups in total. The summed E-state index contributed by atoms with van der Waals surface area (Å²) in [5.41, 5.74) is 0.649. The predicted octanol–water partition coefficient (Wildman–Crippen LogP) is 2.41. The van der Waals surface area contributed by atoms with Crippen LogP contribution in [0.2, 0.25) is 0 Å². The zero-order valence-electron chi connectivity index (χ0n) is 20.1. The number of ether oxygens (including phenoxy) is 1. The zero-order chi connectivity index (χ0) is 24.5. The molecule has 3 saturated heterocycles. The van der Waals surface area contributed by atoms with Crippen molar-refractivity contribution in [2.24, 2.45) is 11.8 Å². The molecule has 0 radical (unpaired) electrons. The lowest BCUT2D eigenvalue weighted by Crippen LogP contribution is -2.55. The molecule has 1 aromatic rings. The fourth-order valence-electron chi connectivity index (χ4n) is 5.96. The number of benzene rings is 1. The Hall–Kier alpha value is -2.26. The summed E-state index contributed by atoms with van der Waals surface area (Å²) in [4.78, 5) is 42.0. The molecular formula is C25H35N3O5S. The van der Waals surface area contributed by atoms with Gasteiger partial charge in [-0.3, -0.25) is 14.4 Å². The van der Waals surface area contributed by atoms with E-state index < -0.39 is 22.6 Å². The second kappa shape index (κ2) is 10.2. The lowest BCUT2D eigenvalue weighted by Gasteiger charge is -2.34. The SMILES string of the molecule is CCCC(C)NC(=O)C1N(CCO)C(=O)[C@@H]2[C@H](C(=O)Nc3ccc(OCC)cc3)[C@@H]3CCC12S3. The normalized spacial score (nSPS) is 30.2. The van der Waals surface area contributed by atoms with Crippen molar-refractivity contribution in [1.82, 2.24) is 10.2 Å². The highest BCUT2D eigenvalue weighted by Gasteiger charge is 2.73. The lowest BCUT2D eigenvalue weighted by molar-refractivity contribution is -0.139. The lowest BCUT2D eigenvalue weighted by atomic mass is 9.70. The van der Waals surface area contributed by atoms with Crippen LogP contribution in [0.1, 0.15) is 46.5 Å². The standard InChI is InChI=1S/C25H35N3O5S/c1-4-6-15(3)26-23(31)21-25-12-11-18(34-25)19(20(25)24(32)28(21)13-14-29)22(30)27-16-7-9-17(10-8-16)33-5-2/h7-10,15,18-21,29H,4-6,11-14H2,1-3H3,(H,26,31)(H,27,30)/t15?,18-,19+,20-,21?,25?/m0/s1. The van der Waals surface area contributed by atoms with Gasteiger partial charge in [0.25, 0.3) is 0 Å². The number of hydrogen-bond acceptors (Lipinski definition) is 6. The van der Waals surface area contributed by atoms with Crippen molar-refractivity contribution in [2.75, 3.05) is 25.1 Å². The average Bonchev–Trinajstić information content (AvgIpc) is 3.43. The topological polar surface area (TPSA) is 108 Å². The zero-order valence-corrected chi connectivity index (χ0v) is 20.9. The largest absolute Gasteiger partial charge is 0.494 e. The Morgan fingerprint density at radius 3 is 2.65 bits per heavy atom. The number of aliphatic hydroxyl groups is 1. The van der Waals surface area contributed by atoms with Gasteiger partial charge in [-0.25, -0.2) is 0 Å². The van der Waals surface area contributed by atoms with Crippen molar-refractivity contribution in [3.63, 3.8) is 0 Å². The van der Waals surface area contributed by atoms with Crippen LogP contribution in [0.5, 0.6) is 5.75 Å². The third-order valence-corrected chi connectivity index (χ3v) is 9.19. The summed E-state index contributed by atoms with van der Waals surface area (Å²) in [5, 5.41) is 15.7. The fourth-order valence-corrected chi connectivity index (χ4v) is 8.18. The summed E-state index contributed by atoms with van der Waals surface area (Å²) in [6.07, 6.45) is 3.31. The second-order valence-corrected chi connectivity index (χ2v) is 11.1. The Kier molecular flexibility index (Phi) is 7.42. The van der Waals surface area contributed by atoms with Crippen LogP contribution in [-0.2, 0) is 14.4 Å². The monoisotopic (exact) mass is 489 g/mol. The molecule has 0 aliphatic carbocycles. The molecule has 34 heavy (non-hydrogen) atoms. The highest BCUT2D eigenvalue weighted by molar-refractivity contribution is 8.02. The van der Waals surface area contributed by atoms with Gasteiger partial charge in [-0.15, -0.1) is 11.8 Å². The van der Waals surface area contributed by atoms with Crippen molar-refractivity contribution in [2.45, 2.75) is 68.5 Å². The van der Waals surface area contributed by atoms with Crippen LogP contribution < -0.4 is 15.4 Å². The van der Waals surface area contributed by atoms with Crippen molar-refractivity contribution >= 4 is 35.2 Å². The minimum Gasteiger partial charge on any atom is -0.494 e. The number of nitrogens with one attached hydrogen (secondary N) is 2. The Bertz CT molecular complexity index is 926. The molecule has 1 spiro atoms. The van der Waals surface area contributed by atoms with Gasteiger partial charge in [-0.2, -0.15) is 0 Å². The molecular weight excluding hydrogens is 454 g/mol. The molecule has 186 valence electrons. The maximum atomic E-state index is 13.6. The molecule has 0 saturated carbocycles. The van der Waals surface area contributed by atoms with E-state index >= 15 is 0 Å². The Morgan fingerprint density at radius 2 is 2.00 bits per heavy atom. The fraction of sp³-hybridized carbons (Fsp3) is 0.640. The summed E-state index contributed by atoms with van der Waals surface area (Å²) in [6.45, 7) is 6.38. The molecule has 6 atom stereocenters. The van der Waals surface area contributed by atoms with E-state index in [9.17, 15) is 19.5 Å². The van der Waals surface area contributed by atoms with Gasteiger partial charge in [0.2, 0.25) is 17.7 Å². The van der Waals surface area contributed by atoms with Crippen LogP contribution in [-0.4, -0.2) is 69.6 Å². The number of amides is 3. The second-order valence-electron chi connectivity index (χ2n) is 9.46. The quantitative estimate of drug-likeness (QED) is 0.466. The van der Waals surface area contributed by atoms with Gasteiger partial charge in [0.15, 0.2) is 0 Å². The van der Waals surface area contributed by atoms with E-state index in [1.165, 1.54) is 4.90 Å². The van der Waals surface area contributed by atoms with Crippen molar-refractivity contribution in [1.29, 1.82) is 0 Å². The highest BCUT2D eigenvalue weighted by atomic mass is 32.2. The predicted molar refractivity (Wildman–Crippen MR) is 132 cm³/mol. The van der Waals surface area contributed by atoms with Gasteiger partial charge in [0.1, 0.15) is 11.8 Å². The maximum absolute atomic E-state index is 13.6. The Morgan fingerprint density at radius 1 is 1.26 bits per heavy atom. The smallest absolute Gasteiger partial charge is 0.244 e. The van der Waals surface area contributed by atoms with Gasteiger partial charge < -0.3 is 25.4 Å². The number of β-amino-alcohol motifs (C(OH)–C–C–N with tert-alkyl or cyclic N) is 1. The van der Waals surface area contributed by atoms with Crippen LogP contribution in [0, 0.1) is 11.8 Å². The molecule has 2 bridgehead atoms. The minimum atomic E-state index is -0.672. The summed E-state index contributed by atoms with van der Waals surface area (Å²) in [7, 11) is 0. The third-order valence-electron chi connectivity index (χ3n) is 7.24. The summed E-state index contributed by atoms with van der Waals surface area (Å²) in [5.74, 6) is -0.907. The van der Waals surface area contributed by atoms with Crippen LogP contribution >= 0.6 is 11.8 Å². The first-order valence-corrected chi connectivity index (χ1v) is 13.2. The summed E-state index contributed by atoms with van der Waals surface area (Å²) < 4.78 is 4.83. The van der Waals surface area contributed by atoms with Gasteiger partial charge in [0.05, 0.1) is 29.8 Å². The molecule has 3 aliphatic rings. The number of hydrogen-bond donors (Lipinski definition) is 3. The first kappa shape index (κ1) is 24.9. The molecule has 3 amide bonds. The van der Waals surface area contributed by atoms with Gasteiger partial charge in [-0.1, -0.05) is 13.3 Å². The average molecular weight is 490 g/mol. The number of carbonyl (C=O) groups excluding carboxylic acids is 3. The summed E-state index contributed by atoms with van der Waals surface area (Å²) in [6, 6.07) is 6.52. The molecule has 0 aromatic heterocycles. The number of likely N-dealkylation sites (tertiary alicyclic amines) is 1. The number of nitrogens with zero attached hydrogens (tertiary/aromatic N) is 1. The number of aliphatic hydroxyl groups excluding tert-OH is 1. The van der Waals surface area contributed by atoms with E-state index in [0.29, 0.717) is 18.7 Å². The first-order chi connectivity index (χ1) is 16.4. The van der Waals surface area contributed by atoms with E-state index in [4.69, 9.17) is 4.74 Å². The van der Waals surface area contributed by atoms with Gasteiger partial charge in [0, 0.05) is 23.5 Å². The minimum absolute atomic E-state index is 0.00128. The third kappa shape index (κ3) is 4.28. The first-order valence-electron chi connectivity index (χ1n) is 12.3. The van der Waals surface area contributed by atoms with Gasteiger partial charge in [-0.05, 0) is 57.4 Å². The number of rotatable bonds is 10. The summed E-state index contributed by atoms with van der Waals surface area (Å²) >= 11 is 1.63. The van der Waals surface area contributed by atoms with Crippen molar-refractivity contribution in [3.05, 3.63) is 24.3 Å². The molecule has 9 heteroatoms. The van der Waals surface area contributed by atoms with Gasteiger partial charge >= 0.3 is 0 Å². The van der Waals surface area contributed by atoms with Crippen molar-refractivity contribution in [3.8, 4) is 5.75 Å². The number of anilines is 1. The Labute approximate surface area is 205 Å². The Balaban J connectivity index is 1.57. The van der Waals surface area contributed by atoms with Crippen LogP contribution in [0.3, 0.4) is 0 Å². The van der Waals surface area contributed by atoms with E-state index in [0.717, 1.165) is 25.0 Å². The van der Waals surface area contributed by atoms with E-state index in [1.807, 2.05) is 13.8 Å². The molecule has 3 unspecified atom stereocenters. The highest BCUT2D eigenvalue weighted by Crippen LogP contribution is 2.66. The molecule has 3 fully saturated rings. The van der Waals surface area contributed by atoms with Crippen LogP contribution in [0.4, 0.5) is 5.69 Å². The molecule has 3 heterocycles. The molecule has 3 aliphatic heterocycles. The maximum Gasteiger partial charge on any atom is 0.244 e. The molecule has 8 nitrogen and oxygen atoms in total. The number of carbonyl (C=O) groups is 3. The number of fused-ring (bicyclic) bond motifs is 1. The van der Waals surface area contributed by atoms with Crippen molar-refractivity contribution < 1.29 is 24.2 Å². The van der Waals surface area contributed by atoms with Crippen LogP contribution in [0.15, 0.2) is 24.3 Å². The van der Waals surface area contributed by atoms with E-state index in [1.54, 1.807) is 36.0 Å². The van der Waals surface area contributed by atoms with Crippen LogP contribution in [0.25, 0.3) is 0 Å². The molecule has 4 rings (SSSR count). The number of thioether (sulfide) groups is 1. The van der Waals surface area contributed by atoms with E-state index in [2.05, 4.69) is 17.6 Å².